The molecule has 0 saturated carbocycles. The summed E-state index contributed by atoms with van der Waals surface area (Å²) in [6, 6.07) is 15.6. The van der Waals surface area contributed by atoms with Gasteiger partial charge in [-0.2, -0.15) is 0 Å². The van der Waals surface area contributed by atoms with E-state index in [2.05, 4.69) is 6.58 Å². The third-order valence-electron chi connectivity index (χ3n) is 3.91. The van der Waals surface area contributed by atoms with Crippen molar-refractivity contribution in [1.29, 1.82) is 0 Å². The predicted octanol–water partition coefficient (Wildman–Crippen LogP) is 4.09. The van der Waals surface area contributed by atoms with Crippen LogP contribution >= 0.6 is 0 Å². The van der Waals surface area contributed by atoms with Crippen LogP contribution in [0.1, 0.15) is 23.6 Å². The Bertz CT molecular complexity index is 801. The van der Waals surface area contributed by atoms with E-state index >= 15 is 0 Å². The molecule has 0 N–H and O–H groups in total. The molecule has 0 spiro atoms. The Morgan fingerprint density at radius 2 is 1.83 bits per heavy atom. The molecule has 0 heterocycles. The van der Waals surface area contributed by atoms with Crippen LogP contribution in [0.15, 0.2) is 60.7 Å². The summed E-state index contributed by atoms with van der Waals surface area (Å²) in [4.78, 5) is 12.5. The Morgan fingerprint density at radius 1 is 1.09 bits per heavy atom. The first-order chi connectivity index (χ1) is 11.2. The molecule has 1 aliphatic rings. The minimum absolute atomic E-state index is 0.331. The van der Waals surface area contributed by atoms with Crippen molar-refractivity contribution in [3.8, 4) is 5.75 Å². The van der Waals surface area contributed by atoms with Gasteiger partial charge in [0, 0.05) is 5.57 Å². The van der Waals surface area contributed by atoms with Gasteiger partial charge in [-0.1, -0.05) is 43.0 Å². The van der Waals surface area contributed by atoms with Gasteiger partial charge >= 0.3 is 5.97 Å². The smallest absolute Gasteiger partial charge is 0.339 e. The van der Waals surface area contributed by atoms with E-state index < -0.39 is 0 Å². The van der Waals surface area contributed by atoms with Gasteiger partial charge in [0.05, 0.1) is 19.3 Å². The van der Waals surface area contributed by atoms with Crippen molar-refractivity contribution in [3.05, 3.63) is 77.4 Å². The fourth-order valence-electron chi connectivity index (χ4n) is 2.87. The molecule has 0 bridgehead atoms. The van der Waals surface area contributed by atoms with Gasteiger partial charge in [0.15, 0.2) is 0 Å². The Kier molecular flexibility index (Phi) is 4.02. The molecule has 0 aliphatic heterocycles. The maximum atomic E-state index is 12.5. The normalized spacial score (nSPS) is 13.0. The number of methoxy groups -OCH3 is 1. The number of hydrogen-bond donors (Lipinski definition) is 0. The maximum Gasteiger partial charge on any atom is 0.339 e. The van der Waals surface area contributed by atoms with Crippen molar-refractivity contribution in [2.75, 3.05) is 13.7 Å². The van der Waals surface area contributed by atoms with Crippen LogP contribution in [0.5, 0.6) is 5.75 Å². The summed E-state index contributed by atoms with van der Waals surface area (Å²) in [5.74, 6) is 0.397. The summed E-state index contributed by atoms with van der Waals surface area (Å²) in [6.07, 6.45) is 0. The van der Waals surface area contributed by atoms with Crippen LogP contribution in [-0.2, 0) is 9.53 Å². The molecule has 116 valence electrons. The monoisotopic (exact) mass is 306 g/mol. The van der Waals surface area contributed by atoms with E-state index in [4.69, 9.17) is 9.47 Å². The molecular weight excluding hydrogens is 288 g/mol. The molecule has 0 amide bonds. The lowest BCUT2D eigenvalue weighted by Gasteiger charge is -2.09. The lowest BCUT2D eigenvalue weighted by atomic mass is 9.97. The number of esters is 1. The van der Waals surface area contributed by atoms with E-state index in [0.717, 1.165) is 28.0 Å². The van der Waals surface area contributed by atoms with Crippen molar-refractivity contribution in [1.82, 2.24) is 0 Å². The topological polar surface area (TPSA) is 35.5 Å². The highest BCUT2D eigenvalue weighted by molar-refractivity contribution is 6.20. The van der Waals surface area contributed by atoms with Gasteiger partial charge in [-0.25, -0.2) is 4.79 Å². The average Bonchev–Trinajstić information content (AvgIpc) is 2.88. The molecule has 0 saturated heterocycles. The van der Waals surface area contributed by atoms with E-state index in [-0.39, 0.29) is 5.97 Å². The molecule has 2 aromatic rings. The SMILES string of the molecule is C=C1C(C(=O)OCC)=C(c2ccccc2)c2ccc(OC)cc21. The first-order valence-corrected chi connectivity index (χ1v) is 7.52. The summed E-state index contributed by atoms with van der Waals surface area (Å²) in [5, 5.41) is 0. The van der Waals surface area contributed by atoms with Gasteiger partial charge in [0.2, 0.25) is 0 Å². The number of ether oxygens (including phenoxy) is 2. The van der Waals surface area contributed by atoms with Gasteiger partial charge in [0.1, 0.15) is 5.75 Å². The largest absolute Gasteiger partial charge is 0.497 e. The van der Waals surface area contributed by atoms with Crippen LogP contribution in [-0.4, -0.2) is 19.7 Å². The quantitative estimate of drug-likeness (QED) is 0.798. The number of benzene rings is 2. The summed E-state index contributed by atoms with van der Waals surface area (Å²) in [6.45, 7) is 6.25. The van der Waals surface area contributed by atoms with E-state index in [9.17, 15) is 4.79 Å². The lowest BCUT2D eigenvalue weighted by Crippen LogP contribution is -2.08. The number of carbonyl (C=O) groups excluding carboxylic acids is 1. The molecule has 3 heteroatoms. The predicted molar refractivity (Wildman–Crippen MR) is 91.1 cm³/mol. The van der Waals surface area contributed by atoms with Crippen molar-refractivity contribution in [2.24, 2.45) is 0 Å². The van der Waals surface area contributed by atoms with Crippen LogP contribution in [0.25, 0.3) is 11.1 Å². The second-order valence-electron chi connectivity index (χ2n) is 5.23. The van der Waals surface area contributed by atoms with Crippen molar-refractivity contribution >= 4 is 17.1 Å². The third kappa shape index (κ3) is 2.55. The number of rotatable bonds is 4. The highest BCUT2D eigenvalue weighted by atomic mass is 16.5. The highest BCUT2D eigenvalue weighted by Crippen LogP contribution is 2.45. The Morgan fingerprint density at radius 3 is 2.48 bits per heavy atom. The van der Waals surface area contributed by atoms with Crippen molar-refractivity contribution in [3.63, 3.8) is 0 Å². The summed E-state index contributed by atoms with van der Waals surface area (Å²) in [5.41, 5.74) is 4.93. The zero-order valence-electron chi connectivity index (χ0n) is 13.3. The minimum Gasteiger partial charge on any atom is -0.497 e. The number of hydrogen-bond acceptors (Lipinski definition) is 3. The molecular formula is C20H18O3. The van der Waals surface area contributed by atoms with E-state index in [0.29, 0.717) is 17.8 Å². The Labute approximate surface area is 135 Å². The third-order valence-corrected chi connectivity index (χ3v) is 3.91. The second-order valence-corrected chi connectivity index (χ2v) is 5.23. The Hall–Kier alpha value is -2.81. The number of fused-ring (bicyclic) bond motifs is 1. The van der Waals surface area contributed by atoms with Gasteiger partial charge in [0.25, 0.3) is 0 Å². The van der Waals surface area contributed by atoms with Gasteiger partial charge in [-0.3, -0.25) is 0 Å². The average molecular weight is 306 g/mol. The molecule has 0 aromatic heterocycles. The van der Waals surface area contributed by atoms with Crippen LogP contribution in [0, 0.1) is 0 Å². The van der Waals surface area contributed by atoms with Gasteiger partial charge < -0.3 is 9.47 Å². The minimum atomic E-state index is -0.341. The molecule has 0 atom stereocenters. The zero-order chi connectivity index (χ0) is 16.4. The number of carbonyl (C=O) groups is 1. The zero-order valence-corrected chi connectivity index (χ0v) is 13.3. The maximum absolute atomic E-state index is 12.5. The van der Waals surface area contributed by atoms with Gasteiger partial charge in [-0.15, -0.1) is 0 Å². The fourth-order valence-corrected chi connectivity index (χ4v) is 2.87. The first-order valence-electron chi connectivity index (χ1n) is 7.52. The van der Waals surface area contributed by atoms with E-state index in [1.54, 1.807) is 14.0 Å². The second kappa shape index (κ2) is 6.13. The molecule has 1 aliphatic carbocycles. The first kappa shape index (κ1) is 15.1. The molecule has 3 rings (SSSR count). The standard InChI is InChI=1S/C20H18O3/c1-4-23-20(21)18-13(2)17-12-15(22-3)10-11-16(17)19(18)14-8-6-5-7-9-14/h5-12H,2,4H2,1,3H3. The molecule has 3 nitrogen and oxygen atoms in total. The van der Waals surface area contributed by atoms with E-state index in [1.807, 2.05) is 48.5 Å². The molecule has 0 radical (unpaired) electrons. The van der Waals surface area contributed by atoms with Gasteiger partial charge in [-0.05, 0) is 41.3 Å². The molecule has 23 heavy (non-hydrogen) atoms. The van der Waals surface area contributed by atoms with Crippen molar-refractivity contribution in [2.45, 2.75) is 6.92 Å². The Balaban J connectivity index is 2.23. The van der Waals surface area contributed by atoms with Crippen molar-refractivity contribution < 1.29 is 14.3 Å². The van der Waals surface area contributed by atoms with Crippen LogP contribution in [0.3, 0.4) is 0 Å². The summed E-state index contributed by atoms with van der Waals surface area (Å²) in [7, 11) is 1.62. The van der Waals surface area contributed by atoms with E-state index in [1.165, 1.54) is 0 Å². The molecule has 0 fully saturated rings. The molecule has 2 aromatic carbocycles. The summed E-state index contributed by atoms with van der Waals surface area (Å²) < 4.78 is 10.5. The van der Waals surface area contributed by atoms with Crippen LogP contribution in [0.4, 0.5) is 0 Å². The lowest BCUT2D eigenvalue weighted by molar-refractivity contribution is -0.137. The van der Waals surface area contributed by atoms with Crippen LogP contribution < -0.4 is 4.74 Å². The van der Waals surface area contributed by atoms with Crippen LogP contribution in [0.2, 0.25) is 0 Å². The highest BCUT2D eigenvalue weighted by Gasteiger charge is 2.31. The summed E-state index contributed by atoms with van der Waals surface area (Å²) >= 11 is 0. The molecule has 0 unspecified atom stereocenters. The fraction of sp³-hybridized carbons (Fsp3) is 0.150.